The lowest BCUT2D eigenvalue weighted by molar-refractivity contribution is -0.135. The van der Waals surface area contributed by atoms with Gasteiger partial charge >= 0.3 is 0 Å². The molecule has 1 aromatic heterocycles. The highest BCUT2D eigenvalue weighted by atomic mass is 16.2. The van der Waals surface area contributed by atoms with Crippen LogP contribution in [0.15, 0.2) is 72.9 Å². The summed E-state index contributed by atoms with van der Waals surface area (Å²) < 4.78 is 2.30. The lowest BCUT2D eigenvalue weighted by Gasteiger charge is -2.35. The minimum atomic E-state index is 0.291. The number of carbonyl (C=O) groups is 1. The van der Waals surface area contributed by atoms with Gasteiger partial charge in [0.25, 0.3) is 0 Å². The maximum atomic E-state index is 13.4. The molecule has 0 saturated heterocycles. The molecule has 1 aliphatic rings. The molecule has 2 aromatic carbocycles. The molecule has 0 radical (unpaired) electrons. The lowest BCUT2D eigenvalue weighted by Crippen LogP contribution is -2.41. The summed E-state index contributed by atoms with van der Waals surface area (Å²) >= 11 is 0. The molecule has 1 heterocycles. The van der Waals surface area contributed by atoms with Crippen molar-refractivity contribution in [2.45, 2.75) is 71.0 Å². The Morgan fingerprint density at radius 3 is 2.48 bits per heavy atom. The van der Waals surface area contributed by atoms with Crippen LogP contribution in [0.5, 0.6) is 0 Å². The smallest absolute Gasteiger partial charge is 0.223 e. The first-order valence-electron chi connectivity index (χ1n) is 11.7. The van der Waals surface area contributed by atoms with Crippen molar-refractivity contribution in [2.75, 3.05) is 0 Å². The van der Waals surface area contributed by atoms with Crippen molar-refractivity contribution in [3.8, 4) is 0 Å². The van der Waals surface area contributed by atoms with E-state index in [0.29, 0.717) is 24.9 Å². The number of hydrogen-bond acceptors (Lipinski definition) is 1. The summed E-state index contributed by atoms with van der Waals surface area (Å²) in [5, 5.41) is 0. The zero-order chi connectivity index (χ0) is 21.5. The van der Waals surface area contributed by atoms with E-state index in [1.165, 1.54) is 41.6 Å². The highest BCUT2D eigenvalue weighted by Crippen LogP contribution is 2.25. The van der Waals surface area contributed by atoms with Gasteiger partial charge in [0.05, 0.1) is 6.54 Å². The Balaban J connectivity index is 1.48. The van der Waals surface area contributed by atoms with E-state index in [4.69, 9.17) is 0 Å². The fourth-order valence-corrected chi connectivity index (χ4v) is 4.78. The van der Waals surface area contributed by atoms with Crippen molar-refractivity contribution in [2.24, 2.45) is 0 Å². The third-order valence-corrected chi connectivity index (χ3v) is 6.50. The molecule has 3 heteroatoms. The molecule has 3 aromatic rings. The number of aromatic nitrogens is 1. The van der Waals surface area contributed by atoms with Crippen LogP contribution in [0.25, 0.3) is 0 Å². The number of nitrogens with zero attached hydrogens (tertiary/aromatic N) is 2. The molecule has 1 aliphatic carbocycles. The first-order valence-corrected chi connectivity index (χ1v) is 11.7. The normalized spacial score (nSPS) is 14.5. The summed E-state index contributed by atoms with van der Waals surface area (Å²) in [5.74, 6) is 0.291. The van der Waals surface area contributed by atoms with Gasteiger partial charge in [-0.1, -0.05) is 79.4 Å². The zero-order valence-corrected chi connectivity index (χ0v) is 18.7. The van der Waals surface area contributed by atoms with Crippen LogP contribution in [-0.4, -0.2) is 21.4 Å². The van der Waals surface area contributed by atoms with E-state index in [9.17, 15) is 4.79 Å². The fourth-order valence-electron chi connectivity index (χ4n) is 4.78. The number of amides is 1. The second kappa shape index (κ2) is 10.5. The molecular weight excluding hydrogens is 380 g/mol. The first kappa shape index (κ1) is 21.4. The third kappa shape index (κ3) is 5.88. The Hall–Kier alpha value is -2.81. The lowest BCUT2D eigenvalue weighted by atomic mass is 9.93. The van der Waals surface area contributed by atoms with Gasteiger partial charge in [-0.25, -0.2) is 0 Å². The minimum absolute atomic E-state index is 0.291. The molecule has 1 amide bonds. The molecular formula is C28H34N2O. The van der Waals surface area contributed by atoms with Crippen molar-refractivity contribution in [3.63, 3.8) is 0 Å². The summed E-state index contributed by atoms with van der Waals surface area (Å²) in [4.78, 5) is 15.6. The van der Waals surface area contributed by atoms with Crippen molar-refractivity contribution >= 4 is 5.91 Å². The molecule has 31 heavy (non-hydrogen) atoms. The van der Waals surface area contributed by atoms with Gasteiger partial charge < -0.3 is 9.47 Å². The second-order valence-corrected chi connectivity index (χ2v) is 8.92. The van der Waals surface area contributed by atoms with Crippen LogP contribution < -0.4 is 0 Å². The maximum Gasteiger partial charge on any atom is 0.223 e. The van der Waals surface area contributed by atoms with Gasteiger partial charge in [-0.15, -0.1) is 0 Å². The van der Waals surface area contributed by atoms with E-state index in [2.05, 4.69) is 83.3 Å². The Labute approximate surface area is 186 Å². The highest BCUT2D eigenvalue weighted by molar-refractivity contribution is 5.76. The van der Waals surface area contributed by atoms with Crippen molar-refractivity contribution < 1.29 is 4.79 Å². The van der Waals surface area contributed by atoms with Crippen LogP contribution in [0.1, 0.15) is 60.9 Å². The summed E-state index contributed by atoms with van der Waals surface area (Å²) in [6.45, 7) is 3.69. The van der Waals surface area contributed by atoms with Crippen LogP contribution in [-0.2, 0) is 24.3 Å². The molecule has 0 aliphatic heterocycles. The van der Waals surface area contributed by atoms with Gasteiger partial charge in [-0.05, 0) is 49.4 Å². The van der Waals surface area contributed by atoms with Crippen LogP contribution >= 0.6 is 0 Å². The number of hydrogen-bond donors (Lipinski definition) is 0. The van der Waals surface area contributed by atoms with Crippen LogP contribution in [0.4, 0.5) is 0 Å². The average molecular weight is 415 g/mol. The van der Waals surface area contributed by atoms with Crippen molar-refractivity contribution in [3.05, 3.63) is 95.3 Å². The van der Waals surface area contributed by atoms with Crippen LogP contribution in [0, 0.1) is 6.92 Å². The van der Waals surface area contributed by atoms with Gasteiger partial charge in [-0.3, -0.25) is 4.79 Å². The number of aryl methyl sites for hydroxylation is 2. The molecule has 0 unspecified atom stereocenters. The first-order chi connectivity index (χ1) is 15.2. The summed E-state index contributed by atoms with van der Waals surface area (Å²) in [6, 6.07) is 23.7. The van der Waals surface area contributed by atoms with Crippen LogP contribution in [0.3, 0.4) is 0 Å². The molecule has 3 nitrogen and oxygen atoms in total. The third-order valence-electron chi connectivity index (χ3n) is 6.50. The summed E-state index contributed by atoms with van der Waals surface area (Å²) in [5.41, 5.74) is 5.05. The summed E-state index contributed by atoms with van der Waals surface area (Å²) in [6.07, 6.45) is 9.57. The molecule has 0 N–H and O–H groups in total. The van der Waals surface area contributed by atoms with Crippen LogP contribution in [0.2, 0.25) is 0 Å². The highest BCUT2D eigenvalue weighted by Gasteiger charge is 2.26. The number of carbonyl (C=O) groups excluding carboxylic acids is 1. The van der Waals surface area contributed by atoms with Gasteiger partial charge in [0.2, 0.25) is 5.91 Å². The maximum absolute atomic E-state index is 13.4. The quantitative estimate of drug-likeness (QED) is 0.435. The molecule has 162 valence electrons. The average Bonchev–Trinajstić information content (AvgIpc) is 3.23. The number of rotatable bonds is 8. The van der Waals surface area contributed by atoms with E-state index < -0.39 is 0 Å². The zero-order valence-electron chi connectivity index (χ0n) is 18.7. The predicted octanol–water partition coefficient (Wildman–Crippen LogP) is 6.14. The minimum Gasteiger partial charge on any atom is -0.345 e. The van der Waals surface area contributed by atoms with E-state index in [1.807, 2.05) is 6.07 Å². The molecule has 1 saturated carbocycles. The van der Waals surface area contributed by atoms with E-state index in [1.54, 1.807) is 0 Å². The standard InChI is InChI=1S/C28H34N2O/c1-23-10-8-13-25(20-23)21-29-19-9-16-27(29)22-30(26-14-6-3-7-15-26)28(31)18-17-24-11-4-2-5-12-24/h2,4-5,8-13,16,19-20,26H,3,6-7,14-15,17-18,21-22H2,1H3. The topological polar surface area (TPSA) is 25.2 Å². The second-order valence-electron chi connectivity index (χ2n) is 8.92. The Morgan fingerprint density at radius 1 is 0.935 bits per heavy atom. The molecule has 0 bridgehead atoms. The molecule has 0 atom stereocenters. The Morgan fingerprint density at radius 2 is 1.71 bits per heavy atom. The Bertz CT molecular complexity index is 969. The fraction of sp³-hybridized carbons (Fsp3) is 0.393. The van der Waals surface area contributed by atoms with Crippen molar-refractivity contribution in [1.82, 2.24) is 9.47 Å². The Kier molecular flexibility index (Phi) is 7.24. The van der Waals surface area contributed by atoms with Gasteiger partial charge in [0.15, 0.2) is 0 Å². The largest absolute Gasteiger partial charge is 0.345 e. The molecule has 0 spiro atoms. The van der Waals surface area contributed by atoms with Gasteiger partial charge in [-0.2, -0.15) is 0 Å². The number of benzene rings is 2. The van der Waals surface area contributed by atoms with Gasteiger partial charge in [0.1, 0.15) is 0 Å². The molecule has 4 rings (SSSR count). The van der Waals surface area contributed by atoms with E-state index in [-0.39, 0.29) is 0 Å². The van der Waals surface area contributed by atoms with E-state index >= 15 is 0 Å². The summed E-state index contributed by atoms with van der Waals surface area (Å²) in [7, 11) is 0. The van der Waals surface area contributed by atoms with Crippen molar-refractivity contribution in [1.29, 1.82) is 0 Å². The monoisotopic (exact) mass is 414 g/mol. The van der Waals surface area contributed by atoms with Gasteiger partial charge in [0, 0.05) is 30.9 Å². The molecule has 1 fully saturated rings. The predicted molar refractivity (Wildman–Crippen MR) is 127 cm³/mol. The SMILES string of the molecule is Cc1cccc(Cn2cccc2CN(C(=O)CCc2ccccc2)C2CCCCC2)c1. The van der Waals surface area contributed by atoms with E-state index in [0.717, 1.165) is 25.8 Å².